The molecule has 0 bridgehead atoms. The molecule has 0 unspecified atom stereocenters. The van der Waals surface area contributed by atoms with E-state index in [9.17, 15) is 0 Å². The van der Waals surface area contributed by atoms with Crippen LogP contribution in [0.1, 0.15) is 0 Å². The highest BCUT2D eigenvalue weighted by molar-refractivity contribution is 7.26. The molecule has 9 aromatic carbocycles. The molecule has 290 valence electrons. The molecule has 0 radical (unpaired) electrons. The first-order valence-electron chi connectivity index (χ1n) is 20.8. The summed E-state index contributed by atoms with van der Waals surface area (Å²) in [5.41, 5.74) is 12.4. The van der Waals surface area contributed by atoms with Crippen LogP contribution in [-0.4, -0.2) is 15.0 Å². The van der Waals surface area contributed by atoms with Crippen LogP contribution in [0.5, 0.6) is 0 Å². The minimum absolute atomic E-state index is 0.643. The van der Waals surface area contributed by atoms with Crippen molar-refractivity contribution >= 4 is 63.0 Å². The molecule has 0 aliphatic rings. The first-order chi connectivity index (χ1) is 30.7. The lowest BCUT2D eigenvalue weighted by Gasteiger charge is -2.12. The van der Waals surface area contributed by atoms with Gasteiger partial charge >= 0.3 is 0 Å². The normalized spacial score (nSPS) is 11.5. The molecule has 0 saturated heterocycles. The highest BCUT2D eigenvalue weighted by Gasteiger charge is 2.19. The molecule has 0 N–H and O–H groups in total. The van der Waals surface area contributed by atoms with Crippen molar-refractivity contribution < 1.29 is 0 Å². The van der Waals surface area contributed by atoms with Crippen LogP contribution in [0.4, 0.5) is 0 Å². The van der Waals surface area contributed by atoms with Crippen LogP contribution in [0, 0.1) is 0 Å². The molecule has 5 heteroatoms. The summed E-state index contributed by atoms with van der Waals surface area (Å²) in [5.74, 6) is 1.94. The third-order valence-electron chi connectivity index (χ3n) is 11.8. The Morgan fingerprint density at radius 2 is 0.758 bits per heavy atom. The van der Waals surface area contributed by atoms with E-state index in [0.717, 1.165) is 33.2 Å². The highest BCUT2D eigenvalue weighted by atomic mass is 32.1. The average molecular weight is 826 g/mol. The lowest BCUT2D eigenvalue weighted by Crippen LogP contribution is -2.00. The van der Waals surface area contributed by atoms with Gasteiger partial charge in [-0.1, -0.05) is 176 Å². The molecular weight excluding hydrogens is 791 g/mol. The summed E-state index contributed by atoms with van der Waals surface area (Å²) in [6.07, 6.45) is 0. The standard InChI is InChI=1S/C57H35N3S2/c1-3-15-36(16-4-1)43-23-7-8-24-44(43)40-20-11-19-38(33-40)39-31-32-51-49(35-39)53-48(28-14-30-52(53)61-51)57-59-55(37-17-5-2-6-18-37)58-56(60-57)42-22-12-21-41(34-42)45-26-13-27-47-46-25-9-10-29-50(46)62-54(45)47/h1-35H. The Balaban J connectivity index is 0.993. The summed E-state index contributed by atoms with van der Waals surface area (Å²) in [4.78, 5) is 15.7. The van der Waals surface area contributed by atoms with E-state index in [1.54, 1.807) is 11.3 Å². The summed E-state index contributed by atoms with van der Waals surface area (Å²) in [6.45, 7) is 0. The van der Waals surface area contributed by atoms with Crippen LogP contribution in [0.15, 0.2) is 212 Å². The van der Waals surface area contributed by atoms with Crippen molar-refractivity contribution in [2.75, 3.05) is 0 Å². The molecule has 0 amide bonds. The Kier molecular flexibility index (Phi) is 8.87. The third-order valence-corrected chi connectivity index (χ3v) is 14.1. The molecule has 0 atom stereocenters. The van der Waals surface area contributed by atoms with E-state index in [1.807, 2.05) is 29.5 Å². The van der Waals surface area contributed by atoms with Gasteiger partial charge in [0, 0.05) is 57.0 Å². The van der Waals surface area contributed by atoms with Crippen molar-refractivity contribution in [3.63, 3.8) is 0 Å². The second-order valence-electron chi connectivity index (χ2n) is 15.5. The summed E-state index contributed by atoms with van der Waals surface area (Å²) in [7, 11) is 0. The number of rotatable bonds is 7. The molecule has 0 aliphatic carbocycles. The number of benzene rings is 9. The Bertz CT molecular complexity index is 3640. The fraction of sp³-hybridized carbons (Fsp3) is 0. The monoisotopic (exact) mass is 825 g/mol. The number of thiophene rings is 2. The van der Waals surface area contributed by atoms with E-state index in [2.05, 4.69) is 194 Å². The smallest absolute Gasteiger partial charge is 0.164 e. The predicted octanol–water partition coefficient (Wildman–Crippen LogP) is 16.3. The maximum absolute atomic E-state index is 5.31. The largest absolute Gasteiger partial charge is 0.208 e. The molecule has 12 aromatic rings. The summed E-state index contributed by atoms with van der Waals surface area (Å²) in [5, 5.41) is 4.92. The van der Waals surface area contributed by atoms with E-state index in [0.29, 0.717) is 17.5 Å². The number of aromatic nitrogens is 3. The van der Waals surface area contributed by atoms with E-state index in [4.69, 9.17) is 15.0 Å². The number of nitrogens with zero attached hydrogens (tertiary/aromatic N) is 3. The van der Waals surface area contributed by atoms with Crippen molar-refractivity contribution in [2.45, 2.75) is 0 Å². The lowest BCUT2D eigenvalue weighted by molar-refractivity contribution is 1.08. The van der Waals surface area contributed by atoms with Crippen molar-refractivity contribution in [1.29, 1.82) is 0 Å². The highest BCUT2D eigenvalue weighted by Crippen LogP contribution is 2.43. The van der Waals surface area contributed by atoms with Gasteiger partial charge in [-0.25, -0.2) is 15.0 Å². The van der Waals surface area contributed by atoms with Crippen molar-refractivity contribution in [3.8, 4) is 78.7 Å². The molecule has 0 aliphatic heterocycles. The number of hydrogen-bond donors (Lipinski definition) is 0. The first kappa shape index (κ1) is 36.3. The van der Waals surface area contributed by atoms with Gasteiger partial charge in [0.15, 0.2) is 17.5 Å². The fourth-order valence-electron chi connectivity index (χ4n) is 8.81. The van der Waals surface area contributed by atoms with Crippen LogP contribution in [0.2, 0.25) is 0 Å². The van der Waals surface area contributed by atoms with Gasteiger partial charge in [0.25, 0.3) is 0 Å². The zero-order valence-electron chi connectivity index (χ0n) is 33.4. The second kappa shape index (κ2) is 15.2. The summed E-state index contributed by atoms with van der Waals surface area (Å²) < 4.78 is 5.00. The fourth-order valence-corrected chi connectivity index (χ4v) is 11.2. The van der Waals surface area contributed by atoms with Gasteiger partial charge in [-0.15, -0.1) is 22.7 Å². The average Bonchev–Trinajstić information content (AvgIpc) is 3.93. The minimum atomic E-state index is 0.643. The Hall–Kier alpha value is -7.57. The van der Waals surface area contributed by atoms with Gasteiger partial charge in [0.05, 0.1) is 0 Å². The van der Waals surface area contributed by atoms with Gasteiger partial charge in [-0.05, 0) is 80.9 Å². The third kappa shape index (κ3) is 6.38. The van der Waals surface area contributed by atoms with Gasteiger partial charge < -0.3 is 0 Å². The van der Waals surface area contributed by atoms with E-state index < -0.39 is 0 Å². The Morgan fingerprint density at radius 1 is 0.258 bits per heavy atom. The second-order valence-corrected chi connectivity index (χ2v) is 17.7. The number of fused-ring (bicyclic) bond motifs is 6. The van der Waals surface area contributed by atoms with E-state index >= 15 is 0 Å². The molecule has 0 saturated carbocycles. The zero-order chi connectivity index (χ0) is 41.0. The van der Waals surface area contributed by atoms with Crippen molar-refractivity contribution in [2.24, 2.45) is 0 Å². The number of hydrogen-bond acceptors (Lipinski definition) is 5. The Labute approximate surface area is 366 Å². The maximum atomic E-state index is 5.31. The quantitative estimate of drug-likeness (QED) is 0.161. The SMILES string of the molecule is c1ccc(-c2nc(-c3cccc(-c4cccc5c4sc4ccccc45)c3)nc(-c3cccc4sc5ccc(-c6cccc(-c7ccccc7-c7ccccc7)c6)cc5c34)n2)cc1. The van der Waals surface area contributed by atoms with Gasteiger partial charge in [0.2, 0.25) is 0 Å². The van der Waals surface area contributed by atoms with Crippen LogP contribution in [-0.2, 0) is 0 Å². The molecular formula is C57H35N3S2. The molecule has 62 heavy (non-hydrogen) atoms. The molecule has 3 nitrogen and oxygen atoms in total. The summed E-state index contributed by atoms with van der Waals surface area (Å²) >= 11 is 3.65. The van der Waals surface area contributed by atoms with Crippen LogP contribution >= 0.6 is 22.7 Å². The van der Waals surface area contributed by atoms with Gasteiger partial charge in [-0.3, -0.25) is 0 Å². The van der Waals surface area contributed by atoms with E-state index in [1.165, 1.54) is 68.3 Å². The first-order valence-corrected chi connectivity index (χ1v) is 22.4. The predicted molar refractivity (Wildman–Crippen MR) is 264 cm³/mol. The topological polar surface area (TPSA) is 38.7 Å². The minimum Gasteiger partial charge on any atom is -0.208 e. The lowest BCUT2D eigenvalue weighted by atomic mass is 9.92. The summed E-state index contributed by atoms with van der Waals surface area (Å²) in [6, 6.07) is 75.7. The van der Waals surface area contributed by atoms with E-state index in [-0.39, 0.29) is 0 Å². The van der Waals surface area contributed by atoms with Crippen LogP contribution in [0.3, 0.4) is 0 Å². The zero-order valence-corrected chi connectivity index (χ0v) is 35.0. The van der Waals surface area contributed by atoms with Gasteiger partial charge in [-0.2, -0.15) is 0 Å². The molecule has 0 fully saturated rings. The molecule has 3 heterocycles. The van der Waals surface area contributed by atoms with Crippen molar-refractivity contribution in [1.82, 2.24) is 15.0 Å². The molecule has 12 rings (SSSR count). The molecule has 0 spiro atoms. The Morgan fingerprint density at radius 3 is 1.58 bits per heavy atom. The van der Waals surface area contributed by atoms with Crippen LogP contribution in [0.25, 0.3) is 119 Å². The molecule has 3 aromatic heterocycles. The maximum Gasteiger partial charge on any atom is 0.164 e. The van der Waals surface area contributed by atoms with Crippen LogP contribution < -0.4 is 0 Å². The van der Waals surface area contributed by atoms with Crippen molar-refractivity contribution in [3.05, 3.63) is 212 Å². The van der Waals surface area contributed by atoms with Gasteiger partial charge in [0.1, 0.15) is 0 Å².